The molecule has 0 spiro atoms. The summed E-state index contributed by atoms with van der Waals surface area (Å²) in [6.07, 6.45) is 2.13. The molecule has 5 nitrogen and oxygen atoms in total. The third-order valence-electron chi connectivity index (χ3n) is 2.84. The van der Waals surface area contributed by atoms with E-state index < -0.39 is 28.8 Å². The van der Waals surface area contributed by atoms with Gasteiger partial charge in [0.25, 0.3) is 0 Å². The third kappa shape index (κ3) is 2.14. The minimum atomic E-state index is -0.768. The highest BCUT2D eigenvalue weighted by Crippen LogP contribution is 2.34. The number of hydrogen-bond donors (Lipinski definition) is 2. The van der Waals surface area contributed by atoms with Gasteiger partial charge in [-0.15, -0.1) is 0 Å². The lowest BCUT2D eigenvalue weighted by atomic mass is 9.86. The Bertz CT molecular complexity index is 703. The van der Waals surface area contributed by atoms with Gasteiger partial charge < -0.3 is 10.2 Å². The number of phenolic OH excluding ortho intramolecular Hbond substituents is 2. The predicted molar refractivity (Wildman–Crippen MR) is 71.0 cm³/mol. The molecule has 0 atom stereocenters. The van der Waals surface area contributed by atoms with Gasteiger partial charge in [-0.3, -0.25) is 14.4 Å². The molecule has 1 aliphatic rings. The molecule has 0 aromatic heterocycles. The SMILES string of the molecule is CC(C)=CC(=O)C1=CC(=O)c2c(O)ccc(O)c2C1=O. The van der Waals surface area contributed by atoms with E-state index >= 15 is 0 Å². The van der Waals surface area contributed by atoms with Crippen LogP contribution in [0.2, 0.25) is 0 Å². The van der Waals surface area contributed by atoms with Crippen molar-refractivity contribution in [1.82, 2.24) is 0 Å². The van der Waals surface area contributed by atoms with E-state index in [1.807, 2.05) is 0 Å². The van der Waals surface area contributed by atoms with E-state index in [1.165, 1.54) is 6.08 Å². The number of phenols is 2. The Balaban J connectivity index is 2.62. The summed E-state index contributed by atoms with van der Waals surface area (Å²) in [5.41, 5.74) is -0.238. The molecule has 0 amide bonds. The van der Waals surface area contributed by atoms with Gasteiger partial charge in [0.1, 0.15) is 11.5 Å². The van der Waals surface area contributed by atoms with Crippen molar-refractivity contribution in [2.45, 2.75) is 13.8 Å². The number of ketones is 3. The fraction of sp³-hybridized carbons (Fsp3) is 0.133. The summed E-state index contributed by atoms with van der Waals surface area (Å²) in [6, 6.07) is 2.23. The number of Topliss-reactive ketones (excluding diaryl/α,β-unsaturated/α-hetero) is 1. The standard InChI is InChI=1S/C15H12O5/c1-7(2)5-11(18)8-6-12(19)13-9(16)3-4-10(17)14(13)15(8)20/h3-6,16-17H,1-2H3. The second-order valence-electron chi connectivity index (χ2n) is 4.69. The van der Waals surface area contributed by atoms with Crippen LogP contribution in [0.15, 0.2) is 35.4 Å². The summed E-state index contributed by atoms with van der Waals surface area (Å²) >= 11 is 0. The molecule has 1 aromatic rings. The number of carbonyl (C=O) groups is 3. The van der Waals surface area contributed by atoms with Gasteiger partial charge in [0, 0.05) is 6.08 Å². The first-order valence-corrected chi connectivity index (χ1v) is 5.87. The molecular weight excluding hydrogens is 260 g/mol. The van der Waals surface area contributed by atoms with Crippen molar-refractivity contribution in [2.75, 3.05) is 0 Å². The van der Waals surface area contributed by atoms with Gasteiger partial charge in [-0.05, 0) is 32.1 Å². The first-order chi connectivity index (χ1) is 9.32. The Morgan fingerprint density at radius 2 is 1.60 bits per heavy atom. The Kier molecular flexibility index (Phi) is 3.28. The van der Waals surface area contributed by atoms with Crippen molar-refractivity contribution < 1.29 is 24.6 Å². The van der Waals surface area contributed by atoms with E-state index in [9.17, 15) is 24.6 Å². The van der Waals surface area contributed by atoms with Gasteiger partial charge in [-0.25, -0.2) is 0 Å². The molecule has 2 rings (SSSR count). The van der Waals surface area contributed by atoms with Crippen LogP contribution in [0.3, 0.4) is 0 Å². The highest BCUT2D eigenvalue weighted by atomic mass is 16.3. The highest BCUT2D eigenvalue weighted by molar-refractivity contribution is 6.37. The van der Waals surface area contributed by atoms with Crippen LogP contribution in [0.5, 0.6) is 11.5 Å². The molecule has 5 heteroatoms. The monoisotopic (exact) mass is 272 g/mol. The summed E-state index contributed by atoms with van der Waals surface area (Å²) in [6.45, 7) is 3.37. The topological polar surface area (TPSA) is 91.7 Å². The van der Waals surface area contributed by atoms with E-state index in [4.69, 9.17) is 0 Å². The lowest BCUT2D eigenvalue weighted by Crippen LogP contribution is -2.21. The maximum atomic E-state index is 12.2. The summed E-state index contributed by atoms with van der Waals surface area (Å²) < 4.78 is 0. The number of aromatic hydroxyl groups is 2. The van der Waals surface area contributed by atoms with Crippen LogP contribution in [0.1, 0.15) is 34.6 Å². The third-order valence-corrected chi connectivity index (χ3v) is 2.84. The van der Waals surface area contributed by atoms with Gasteiger partial charge >= 0.3 is 0 Å². The molecule has 1 aliphatic carbocycles. The lowest BCUT2D eigenvalue weighted by Gasteiger charge is -2.15. The second-order valence-corrected chi connectivity index (χ2v) is 4.69. The molecule has 2 N–H and O–H groups in total. The number of carbonyl (C=O) groups excluding carboxylic acids is 3. The Hall–Kier alpha value is -2.69. The van der Waals surface area contributed by atoms with Gasteiger partial charge in [-0.1, -0.05) is 5.57 Å². The number of rotatable bonds is 2. The van der Waals surface area contributed by atoms with Crippen LogP contribution >= 0.6 is 0 Å². The van der Waals surface area contributed by atoms with Gasteiger partial charge in [0.15, 0.2) is 11.6 Å². The fourth-order valence-corrected chi connectivity index (χ4v) is 1.99. The lowest BCUT2D eigenvalue weighted by molar-refractivity contribution is -0.111. The molecule has 0 fully saturated rings. The molecule has 0 saturated heterocycles. The molecular formula is C15H12O5. The quantitative estimate of drug-likeness (QED) is 0.487. The molecule has 102 valence electrons. The van der Waals surface area contributed by atoms with Gasteiger partial charge in [0.05, 0.1) is 16.7 Å². The largest absolute Gasteiger partial charge is 0.507 e. The van der Waals surface area contributed by atoms with E-state index in [-0.39, 0.29) is 16.7 Å². The molecule has 0 unspecified atom stereocenters. The second kappa shape index (κ2) is 4.77. The maximum absolute atomic E-state index is 12.2. The zero-order chi connectivity index (χ0) is 15.0. The summed E-state index contributed by atoms with van der Waals surface area (Å²) in [4.78, 5) is 36.1. The average Bonchev–Trinajstić information content (AvgIpc) is 2.35. The molecule has 0 saturated carbocycles. The normalized spacial score (nSPS) is 13.6. The van der Waals surface area contributed by atoms with Crippen molar-refractivity contribution in [1.29, 1.82) is 0 Å². The van der Waals surface area contributed by atoms with Crippen LogP contribution in [0.25, 0.3) is 0 Å². The average molecular weight is 272 g/mol. The predicted octanol–water partition coefficient (Wildman–Crippen LogP) is 1.94. The summed E-state index contributed by atoms with van der Waals surface area (Å²) in [7, 11) is 0. The first-order valence-electron chi connectivity index (χ1n) is 5.87. The molecule has 0 bridgehead atoms. The van der Waals surface area contributed by atoms with Crippen LogP contribution in [0.4, 0.5) is 0 Å². The van der Waals surface area contributed by atoms with Crippen LogP contribution < -0.4 is 0 Å². The number of hydrogen-bond acceptors (Lipinski definition) is 5. The van der Waals surface area contributed by atoms with Crippen molar-refractivity contribution in [3.8, 4) is 11.5 Å². The van der Waals surface area contributed by atoms with Crippen molar-refractivity contribution in [2.24, 2.45) is 0 Å². The van der Waals surface area contributed by atoms with Crippen molar-refractivity contribution >= 4 is 17.3 Å². The van der Waals surface area contributed by atoms with Gasteiger partial charge in [-0.2, -0.15) is 0 Å². The van der Waals surface area contributed by atoms with Crippen LogP contribution in [-0.4, -0.2) is 27.6 Å². The summed E-state index contributed by atoms with van der Waals surface area (Å²) in [5, 5.41) is 19.3. The smallest absolute Gasteiger partial charge is 0.201 e. The van der Waals surface area contributed by atoms with E-state index in [0.717, 1.165) is 18.2 Å². The van der Waals surface area contributed by atoms with Crippen molar-refractivity contribution in [3.05, 3.63) is 46.6 Å². The molecule has 1 aromatic carbocycles. The molecule has 0 aliphatic heterocycles. The van der Waals surface area contributed by atoms with E-state index in [0.29, 0.717) is 5.57 Å². The number of benzene rings is 1. The number of allylic oxidation sites excluding steroid dienone is 4. The first kappa shape index (κ1) is 13.7. The van der Waals surface area contributed by atoms with Crippen molar-refractivity contribution in [3.63, 3.8) is 0 Å². The van der Waals surface area contributed by atoms with Crippen LogP contribution in [-0.2, 0) is 4.79 Å². The Morgan fingerprint density at radius 3 is 2.15 bits per heavy atom. The Morgan fingerprint density at radius 1 is 1.05 bits per heavy atom. The maximum Gasteiger partial charge on any atom is 0.201 e. The van der Waals surface area contributed by atoms with E-state index in [1.54, 1.807) is 13.8 Å². The fourth-order valence-electron chi connectivity index (χ4n) is 1.99. The van der Waals surface area contributed by atoms with Crippen LogP contribution in [0, 0.1) is 0 Å². The zero-order valence-electron chi connectivity index (χ0n) is 10.9. The molecule has 0 heterocycles. The summed E-state index contributed by atoms with van der Waals surface area (Å²) in [5.74, 6) is -2.89. The minimum Gasteiger partial charge on any atom is -0.507 e. The van der Waals surface area contributed by atoms with E-state index in [2.05, 4.69) is 0 Å². The highest BCUT2D eigenvalue weighted by Gasteiger charge is 2.33. The Labute approximate surface area is 114 Å². The minimum absolute atomic E-state index is 0.274. The van der Waals surface area contributed by atoms with Gasteiger partial charge in [0.2, 0.25) is 5.78 Å². The molecule has 20 heavy (non-hydrogen) atoms. The number of fused-ring (bicyclic) bond motifs is 1. The zero-order valence-corrected chi connectivity index (χ0v) is 10.9. The molecule has 0 radical (unpaired) electrons.